The Hall–Kier alpha value is -3.65. The summed E-state index contributed by atoms with van der Waals surface area (Å²) in [5.74, 6) is -0.581. The van der Waals surface area contributed by atoms with Crippen molar-refractivity contribution in [1.29, 1.82) is 0 Å². The molecular formula is C22H18N4O4. The van der Waals surface area contributed by atoms with Crippen LogP contribution in [0.25, 0.3) is 0 Å². The van der Waals surface area contributed by atoms with Gasteiger partial charge in [-0.25, -0.2) is 4.68 Å². The highest BCUT2D eigenvalue weighted by atomic mass is 16.5. The molecule has 1 aromatic heterocycles. The van der Waals surface area contributed by atoms with Crippen LogP contribution in [0.2, 0.25) is 0 Å². The molecular weight excluding hydrogens is 384 g/mol. The number of nitrogens with zero attached hydrogens (tertiary/aromatic N) is 4. The van der Waals surface area contributed by atoms with Crippen molar-refractivity contribution in [2.24, 2.45) is 0 Å². The Morgan fingerprint density at radius 1 is 0.933 bits per heavy atom. The van der Waals surface area contributed by atoms with Crippen LogP contribution in [0.3, 0.4) is 0 Å². The molecule has 3 aromatic rings. The van der Waals surface area contributed by atoms with Crippen LogP contribution in [-0.2, 0) is 11.3 Å². The SMILES string of the molecule is O=C1c2ccccc2C(=O)c2c1nnn2Cc1ccc(C(=O)N2CCOCC2)cc1. The molecule has 30 heavy (non-hydrogen) atoms. The third-order valence-electron chi connectivity index (χ3n) is 5.41. The molecule has 0 saturated carbocycles. The van der Waals surface area contributed by atoms with Crippen LogP contribution in [0.5, 0.6) is 0 Å². The zero-order chi connectivity index (χ0) is 20.7. The van der Waals surface area contributed by atoms with Crippen LogP contribution in [0, 0.1) is 0 Å². The van der Waals surface area contributed by atoms with E-state index >= 15 is 0 Å². The molecule has 0 radical (unpaired) electrons. The Bertz CT molecular complexity index is 1160. The molecule has 150 valence electrons. The van der Waals surface area contributed by atoms with Crippen molar-refractivity contribution < 1.29 is 19.1 Å². The molecule has 0 atom stereocenters. The number of amides is 1. The van der Waals surface area contributed by atoms with Crippen molar-refractivity contribution in [2.75, 3.05) is 26.3 Å². The second-order valence-electron chi connectivity index (χ2n) is 7.25. The quantitative estimate of drug-likeness (QED) is 0.516. The Kier molecular flexibility index (Phi) is 4.48. The van der Waals surface area contributed by atoms with Crippen molar-refractivity contribution in [2.45, 2.75) is 6.54 Å². The van der Waals surface area contributed by atoms with E-state index in [2.05, 4.69) is 10.3 Å². The first-order valence-corrected chi connectivity index (χ1v) is 9.71. The number of ether oxygens (including phenoxy) is 1. The van der Waals surface area contributed by atoms with Crippen LogP contribution >= 0.6 is 0 Å². The van der Waals surface area contributed by atoms with Gasteiger partial charge < -0.3 is 9.64 Å². The van der Waals surface area contributed by atoms with Crippen molar-refractivity contribution in [3.05, 3.63) is 82.2 Å². The molecule has 5 rings (SSSR count). The lowest BCUT2D eigenvalue weighted by Crippen LogP contribution is -2.40. The van der Waals surface area contributed by atoms with Gasteiger partial charge in [-0.05, 0) is 17.7 Å². The zero-order valence-corrected chi connectivity index (χ0v) is 16.1. The molecule has 2 aliphatic rings. The zero-order valence-electron chi connectivity index (χ0n) is 16.1. The minimum Gasteiger partial charge on any atom is -0.378 e. The third kappa shape index (κ3) is 3.02. The Morgan fingerprint density at radius 2 is 1.60 bits per heavy atom. The molecule has 8 nitrogen and oxygen atoms in total. The first-order chi connectivity index (χ1) is 14.6. The van der Waals surface area contributed by atoms with Gasteiger partial charge in [-0.2, -0.15) is 0 Å². The fourth-order valence-corrected chi connectivity index (χ4v) is 3.81. The van der Waals surface area contributed by atoms with E-state index in [0.29, 0.717) is 43.0 Å². The number of morpholine rings is 1. The van der Waals surface area contributed by atoms with E-state index in [1.165, 1.54) is 4.68 Å². The van der Waals surface area contributed by atoms with E-state index in [4.69, 9.17) is 4.74 Å². The van der Waals surface area contributed by atoms with E-state index in [-0.39, 0.29) is 35.4 Å². The van der Waals surface area contributed by atoms with Crippen LogP contribution in [0.15, 0.2) is 48.5 Å². The predicted octanol–water partition coefficient (Wildman–Crippen LogP) is 1.57. The summed E-state index contributed by atoms with van der Waals surface area (Å²) in [6.45, 7) is 2.55. The van der Waals surface area contributed by atoms with Crippen LogP contribution in [0.4, 0.5) is 0 Å². The summed E-state index contributed by atoms with van der Waals surface area (Å²) in [6.07, 6.45) is 0. The normalized spacial score (nSPS) is 15.7. The topological polar surface area (TPSA) is 94.4 Å². The van der Waals surface area contributed by atoms with Gasteiger partial charge >= 0.3 is 0 Å². The number of aromatic nitrogens is 3. The minimum absolute atomic E-state index is 0.0274. The second kappa shape index (κ2) is 7.31. The van der Waals surface area contributed by atoms with Crippen LogP contribution < -0.4 is 0 Å². The van der Waals surface area contributed by atoms with Gasteiger partial charge in [0.25, 0.3) is 5.91 Å². The minimum atomic E-state index is -0.294. The van der Waals surface area contributed by atoms with Gasteiger partial charge in [0.15, 0.2) is 5.69 Å². The summed E-state index contributed by atoms with van der Waals surface area (Å²) in [5.41, 5.74) is 2.45. The highest BCUT2D eigenvalue weighted by molar-refractivity contribution is 6.26. The molecule has 1 saturated heterocycles. The van der Waals surface area contributed by atoms with Gasteiger partial charge in [0.1, 0.15) is 5.69 Å². The largest absolute Gasteiger partial charge is 0.378 e. The lowest BCUT2D eigenvalue weighted by Gasteiger charge is -2.26. The smallest absolute Gasteiger partial charge is 0.254 e. The van der Waals surface area contributed by atoms with E-state index in [9.17, 15) is 14.4 Å². The number of hydrogen-bond acceptors (Lipinski definition) is 6. The van der Waals surface area contributed by atoms with Gasteiger partial charge in [0.2, 0.25) is 11.6 Å². The highest BCUT2D eigenvalue weighted by Gasteiger charge is 2.34. The molecule has 2 aromatic carbocycles. The molecule has 0 spiro atoms. The first kappa shape index (κ1) is 18.4. The maximum absolute atomic E-state index is 12.9. The molecule has 1 amide bonds. The second-order valence-corrected chi connectivity index (χ2v) is 7.25. The number of benzene rings is 2. The number of rotatable bonds is 3. The third-order valence-corrected chi connectivity index (χ3v) is 5.41. The molecule has 1 aliphatic carbocycles. The number of carbonyl (C=O) groups is 3. The molecule has 0 unspecified atom stereocenters. The number of carbonyl (C=O) groups excluding carboxylic acids is 3. The molecule has 8 heteroatoms. The van der Waals surface area contributed by atoms with E-state index in [1.54, 1.807) is 41.3 Å². The summed E-state index contributed by atoms with van der Waals surface area (Å²) >= 11 is 0. The van der Waals surface area contributed by atoms with Crippen molar-refractivity contribution in [3.8, 4) is 0 Å². The van der Waals surface area contributed by atoms with Crippen LogP contribution in [0.1, 0.15) is 48.0 Å². The maximum atomic E-state index is 12.9. The number of hydrogen-bond donors (Lipinski definition) is 0. The molecule has 2 heterocycles. The number of ketones is 2. The van der Waals surface area contributed by atoms with E-state index in [0.717, 1.165) is 5.56 Å². The van der Waals surface area contributed by atoms with Gasteiger partial charge in [-0.1, -0.05) is 41.6 Å². The van der Waals surface area contributed by atoms with Crippen molar-refractivity contribution in [3.63, 3.8) is 0 Å². The predicted molar refractivity (Wildman–Crippen MR) is 106 cm³/mol. The van der Waals surface area contributed by atoms with E-state index in [1.807, 2.05) is 12.1 Å². The summed E-state index contributed by atoms with van der Waals surface area (Å²) < 4.78 is 6.73. The summed E-state index contributed by atoms with van der Waals surface area (Å²) in [7, 11) is 0. The van der Waals surface area contributed by atoms with E-state index < -0.39 is 0 Å². The molecule has 1 aliphatic heterocycles. The standard InChI is InChI=1S/C22H18N4O4/c27-20-16-3-1-2-4-17(16)21(28)19-18(20)23-24-26(19)13-14-5-7-15(8-6-14)22(29)25-9-11-30-12-10-25/h1-8H,9-13H2. The average molecular weight is 402 g/mol. The van der Waals surface area contributed by atoms with Gasteiger partial charge in [0.05, 0.1) is 19.8 Å². The Balaban J connectivity index is 1.39. The Labute approximate surface area is 172 Å². The Morgan fingerprint density at radius 3 is 2.30 bits per heavy atom. The molecule has 0 bridgehead atoms. The fourth-order valence-electron chi connectivity index (χ4n) is 3.81. The van der Waals surface area contributed by atoms with Crippen LogP contribution in [-0.4, -0.2) is 63.7 Å². The monoisotopic (exact) mass is 402 g/mol. The van der Waals surface area contributed by atoms with Crippen molar-refractivity contribution in [1.82, 2.24) is 19.9 Å². The lowest BCUT2D eigenvalue weighted by atomic mass is 9.90. The first-order valence-electron chi connectivity index (χ1n) is 9.71. The maximum Gasteiger partial charge on any atom is 0.254 e. The molecule has 0 N–H and O–H groups in total. The lowest BCUT2D eigenvalue weighted by molar-refractivity contribution is 0.0303. The number of fused-ring (bicyclic) bond motifs is 2. The van der Waals surface area contributed by atoms with Gasteiger partial charge in [-0.15, -0.1) is 5.10 Å². The summed E-state index contributed by atoms with van der Waals surface area (Å²) in [6, 6.07) is 13.9. The van der Waals surface area contributed by atoms with Gasteiger partial charge in [-0.3, -0.25) is 14.4 Å². The highest BCUT2D eigenvalue weighted by Crippen LogP contribution is 2.26. The van der Waals surface area contributed by atoms with Crippen molar-refractivity contribution >= 4 is 17.5 Å². The average Bonchev–Trinajstić information content (AvgIpc) is 3.22. The summed E-state index contributed by atoms with van der Waals surface area (Å²) in [4.78, 5) is 39.9. The fraction of sp³-hybridized carbons (Fsp3) is 0.227. The molecule has 1 fully saturated rings. The summed E-state index contributed by atoms with van der Waals surface area (Å²) in [5, 5.41) is 8.00. The van der Waals surface area contributed by atoms with Gasteiger partial charge in [0, 0.05) is 29.8 Å².